The number of hydrogen-bond donors (Lipinski definition) is 1. The molecule has 1 atom stereocenters. The van der Waals surface area contributed by atoms with E-state index in [1.807, 2.05) is 19.9 Å². The van der Waals surface area contributed by atoms with Gasteiger partial charge < -0.3 is 10.0 Å². The van der Waals surface area contributed by atoms with Crippen molar-refractivity contribution in [3.8, 4) is 0 Å². The molecule has 0 amide bonds. The highest BCUT2D eigenvalue weighted by molar-refractivity contribution is 5.58. The average Bonchev–Trinajstić information content (AvgIpc) is 2.61. The van der Waals surface area contributed by atoms with Crippen molar-refractivity contribution < 1.29 is 9.50 Å². The van der Waals surface area contributed by atoms with Crippen LogP contribution >= 0.6 is 0 Å². The number of anilines is 1. The smallest absolute Gasteiger partial charge is 0.125 e. The van der Waals surface area contributed by atoms with Crippen molar-refractivity contribution in [2.24, 2.45) is 0 Å². The van der Waals surface area contributed by atoms with E-state index in [0.29, 0.717) is 13.0 Å². The summed E-state index contributed by atoms with van der Waals surface area (Å²) in [6, 6.07) is 4.90. The Bertz CT molecular complexity index is 390. The SMILES string of the molecule is CCC(C)(O)CN1CCc2ccc(F)cc21. The van der Waals surface area contributed by atoms with Gasteiger partial charge in [0.25, 0.3) is 0 Å². The van der Waals surface area contributed by atoms with Crippen LogP contribution in [0.1, 0.15) is 25.8 Å². The van der Waals surface area contributed by atoms with Gasteiger partial charge in [-0.1, -0.05) is 13.0 Å². The third-order valence-corrected chi connectivity index (χ3v) is 3.33. The summed E-state index contributed by atoms with van der Waals surface area (Å²) in [4.78, 5) is 2.07. The first-order chi connectivity index (χ1) is 7.52. The van der Waals surface area contributed by atoms with Gasteiger partial charge in [-0.15, -0.1) is 0 Å². The molecule has 1 N–H and O–H groups in total. The highest BCUT2D eigenvalue weighted by Crippen LogP contribution is 2.30. The lowest BCUT2D eigenvalue weighted by molar-refractivity contribution is 0.0634. The number of hydrogen-bond acceptors (Lipinski definition) is 2. The van der Waals surface area contributed by atoms with Gasteiger partial charge in [0, 0.05) is 18.8 Å². The molecule has 1 aliphatic rings. The Morgan fingerprint density at radius 1 is 1.50 bits per heavy atom. The van der Waals surface area contributed by atoms with Crippen LogP contribution in [0.4, 0.5) is 10.1 Å². The van der Waals surface area contributed by atoms with E-state index in [1.54, 1.807) is 6.07 Å². The van der Waals surface area contributed by atoms with E-state index in [-0.39, 0.29) is 5.82 Å². The van der Waals surface area contributed by atoms with E-state index in [0.717, 1.165) is 18.7 Å². The van der Waals surface area contributed by atoms with Gasteiger partial charge >= 0.3 is 0 Å². The zero-order valence-electron chi connectivity index (χ0n) is 9.83. The van der Waals surface area contributed by atoms with Gasteiger partial charge in [0.05, 0.1) is 5.60 Å². The molecule has 1 aromatic rings. The van der Waals surface area contributed by atoms with Crippen LogP contribution in [0, 0.1) is 5.82 Å². The monoisotopic (exact) mass is 223 g/mol. The average molecular weight is 223 g/mol. The Hall–Kier alpha value is -1.09. The van der Waals surface area contributed by atoms with Crippen LogP contribution in [0.2, 0.25) is 0 Å². The fourth-order valence-corrected chi connectivity index (χ4v) is 2.11. The molecule has 1 aromatic carbocycles. The second-order valence-corrected chi connectivity index (χ2v) is 4.80. The third-order valence-electron chi connectivity index (χ3n) is 3.33. The maximum Gasteiger partial charge on any atom is 0.125 e. The molecule has 3 heteroatoms. The molecular formula is C13H18FNO. The summed E-state index contributed by atoms with van der Waals surface area (Å²) in [6.45, 7) is 5.22. The van der Waals surface area contributed by atoms with E-state index in [9.17, 15) is 9.50 Å². The van der Waals surface area contributed by atoms with Crippen molar-refractivity contribution in [1.29, 1.82) is 0 Å². The zero-order chi connectivity index (χ0) is 11.8. The Kier molecular flexibility index (Phi) is 2.89. The van der Waals surface area contributed by atoms with Crippen LogP contribution in [-0.4, -0.2) is 23.8 Å². The molecule has 1 heterocycles. The van der Waals surface area contributed by atoms with Crippen LogP contribution < -0.4 is 4.90 Å². The van der Waals surface area contributed by atoms with Gasteiger partial charge in [-0.25, -0.2) is 4.39 Å². The first kappa shape index (κ1) is 11.4. The summed E-state index contributed by atoms with van der Waals surface area (Å²) in [7, 11) is 0. The molecule has 88 valence electrons. The maximum absolute atomic E-state index is 13.2. The topological polar surface area (TPSA) is 23.5 Å². The highest BCUT2D eigenvalue weighted by Gasteiger charge is 2.26. The largest absolute Gasteiger partial charge is 0.388 e. The van der Waals surface area contributed by atoms with Gasteiger partial charge in [-0.3, -0.25) is 0 Å². The van der Waals surface area contributed by atoms with Gasteiger partial charge in [-0.05, 0) is 37.5 Å². The fraction of sp³-hybridized carbons (Fsp3) is 0.538. The number of rotatable bonds is 3. The summed E-state index contributed by atoms with van der Waals surface area (Å²) < 4.78 is 13.2. The molecule has 2 nitrogen and oxygen atoms in total. The van der Waals surface area contributed by atoms with Crippen molar-refractivity contribution in [1.82, 2.24) is 0 Å². The summed E-state index contributed by atoms with van der Waals surface area (Å²) in [5.74, 6) is -0.207. The molecule has 0 aliphatic carbocycles. The second-order valence-electron chi connectivity index (χ2n) is 4.80. The molecule has 0 spiro atoms. The minimum atomic E-state index is -0.700. The van der Waals surface area contributed by atoms with Crippen molar-refractivity contribution >= 4 is 5.69 Å². The summed E-state index contributed by atoms with van der Waals surface area (Å²) >= 11 is 0. The summed E-state index contributed by atoms with van der Waals surface area (Å²) in [5.41, 5.74) is 1.41. The number of benzene rings is 1. The number of aliphatic hydroxyl groups is 1. The lowest BCUT2D eigenvalue weighted by atomic mass is 10.0. The lowest BCUT2D eigenvalue weighted by Crippen LogP contribution is -2.39. The van der Waals surface area contributed by atoms with E-state index in [2.05, 4.69) is 4.90 Å². The van der Waals surface area contributed by atoms with Crippen molar-refractivity contribution in [2.45, 2.75) is 32.3 Å². The van der Waals surface area contributed by atoms with Gasteiger partial charge in [-0.2, -0.15) is 0 Å². The van der Waals surface area contributed by atoms with E-state index in [4.69, 9.17) is 0 Å². The second kappa shape index (κ2) is 4.06. The molecule has 2 rings (SSSR count). The van der Waals surface area contributed by atoms with Crippen LogP contribution in [0.25, 0.3) is 0 Å². The number of halogens is 1. The molecule has 0 saturated carbocycles. The molecule has 0 saturated heterocycles. The van der Waals surface area contributed by atoms with Crippen LogP contribution in [0.3, 0.4) is 0 Å². The summed E-state index contributed by atoms with van der Waals surface area (Å²) in [6.07, 6.45) is 1.64. The van der Waals surface area contributed by atoms with E-state index in [1.165, 1.54) is 11.6 Å². The first-order valence-corrected chi connectivity index (χ1v) is 5.77. The highest BCUT2D eigenvalue weighted by atomic mass is 19.1. The van der Waals surface area contributed by atoms with Gasteiger partial charge in [0.1, 0.15) is 5.82 Å². The third kappa shape index (κ3) is 2.19. The minimum Gasteiger partial charge on any atom is -0.388 e. The molecule has 0 radical (unpaired) electrons. The summed E-state index contributed by atoms with van der Waals surface area (Å²) in [5, 5.41) is 10.0. The van der Waals surface area contributed by atoms with Crippen molar-refractivity contribution in [3.63, 3.8) is 0 Å². The van der Waals surface area contributed by atoms with Crippen molar-refractivity contribution in [3.05, 3.63) is 29.6 Å². The molecule has 0 fully saturated rings. The number of nitrogens with zero attached hydrogens (tertiary/aromatic N) is 1. The standard InChI is InChI=1S/C13H18FNO/c1-3-13(2,16)9-15-7-6-10-4-5-11(14)8-12(10)15/h4-5,8,16H,3,6-7,9H2,1-2H3. The Balaban J connectivity index is 2.20. The Labute approximate surface area is 95.7 Å². The van der Waals surface area contributed by atoms with Crippen LogP contribution in [0.15, 0.2) is 18.2 Å². The predicted molar refractivity (Wildman–Crippen MR) is 63.2 cm³/mol. The van der Waals surface area contributed by atoms with E-state index >= 15 is 0 Å². The molecule has 0 bridgehead atoms. The Morgan fingerprint density at radius 3 is 2.94 bits per heavy atom. The predicted octanol–water partition coefficient (Wildman–Crippen LogP) is 2.35. The quantitative estimate of drug-likeness (QED) is 0.850. The normalized spacial score (nSPS) is 18.4. The van der Waals surface area contributed by atoms with Crippen LogP contribution in [-0.2, 0) is 6.42 Å². The van der Waals surface area contributed by atoms with Crippen molar-refractivity contribution in [2.75, 3.05) is 18.0 Å². The minimum absolute atomic E-state index is 0.207. The lowest BCUT2D eigenvalue weighted by Gasteiger charge is -2.29. The molecular weight excluding hydrogens is 205 g/mol. The fourth-order valence-electron chi connectivity index (χ4n) is 2.11. The molecule has 1 unspecified atom stereocenters. The zero-order valence-corrected chi connectivity index (χ0v) is 9.83. The Morgan fingerprint density at radius 2 is 2.25 bits per heavy atom. The van der Waals surface area contributed by atoms with Crippen LogP contribution in [0.5, 0.6) is 0 Å². The molecule has 0 aromatic heterocycles. The molecule has 1 aliphatic heterocycles. The van der Waals surface area contributed by atoms with Gasteiger partial charge in [0.2, 0.25) is 0 Å². The maximum atomic E-state index is 13.2. The first-order valence-electron chi connectivity index (χ1n) is 5.77. The van der Waals surface area contributed by atoms with Gasteiger partial charge in [0.15, 0.2) is 0 Å². The number of fused-ring (bicyclic) bond motifs is 1. The molecule has 16 heavy (non-hydrogen) atoms. The number of β-amino-alcohol motifs (C(OH)–C–C–N with tert-alkyl or cyclic N) is 1. The van der Waals surface area contributed by atoms with E-state index < -0.39 is 5.60 Å².